The maximum absolute atomic E-state index is 12.3. The van der Waals surface area contributed by atoms with Crippen molar-refractivity contribution in [2.45, 2.75) is 27.3 Å². The zero-order valence-electron chi connectivity index (χ0n) is 10.7. The summed E-state index contributed by atoms with van der Waals surface area (Å²) in [7, 11) is 0. The van der Waals surface area contributed by atoms with Crippen molar-refractivity contribution >= 4 is 16.7 Å². The average Bonchev–Trinajstić information content (AvgIpc) is 2.29. The van der Waals surface area contributed by atoms with Crippen molar-refractivity contribution < 1.29 is 0 Å². The number of pyridine rings is 1. The first kappa shape index (κ1) is 12.3. The summed E-state index contributed by atoms with van der Waals surface area (Å²) >= 11 is 0. The molecule has 0 aromatic carbocycles. The van der Waals surface area contributed by atoms with Gasteiger partial charge >= 0.3 is 5.69 Å². The Morgan fingerprint density at radius 2 is 2.11 bits per heavy atom. The van der Waals surface area contributed by atoms with Crippen molar-refractivity contribution in [1.29, 1.82) is 0 Å². The molecule has 0 aliphatic rings. The van der Waals surface area contributed by atoms with Crippen LogP contribution in [0.1, 0.15) is 19.4 Å². The van der Waals surface area contributed by atoms with E-state index in [2.05, 4.69) is 9.97 Å². The van der Waals surface area contributed by atoms with Crippen molar-refractivity contribution in [3.63, 3.8) is 0 Å². The number of H-pyrrole nitrogens is 1. The summed E-state index contributed by atoms with van der Waals surface area (Å²) in [5.74, 6) is 0.195. The van der Waals surface area contributed by atoms with E-state index < -0.39 is 5.69 Å². The lowest BCUT2D eigenvalue weighted by Gasteiger charge is -2.10. The van der Waals surface area contributed by atoms with Crippen molar-refractivity contribution in [3.8, 4) is 0 Å². The van der Waals surface area contributed by atoms with Gasteiger partial charge < -0.3 is 5.73 Å². The molecule has 0 aliphatic carbocycles. The van der Waals surface area contributed by atoms with E-state index in [4.69, 9.17) is 5.73 Å². The fraction of sp³-hybridized carbons (Fsp3) is 0.417. The molecule has 0 atom stereocenters. The Balaban J connectivity index is 2.87. The standard InChI is InChI=1S/C12H16N4O2/c1-6(2)5-16-11(17)8-9(13)7(3)4-14-10(8)15-12(16)18/h4,6H,5H2,1-3H3,(H3,13,14,15,18). The molecule has 0 spiro atoms. The molecule has 0 radical (unpaired) electrons. The molecule has 6 nitrogen and oxygen atoms in total. The highest BCUT2D eigenvalue weighted by Crippen LogP contribution is 2.16. The molecule has 0 amide bonds. The predicted molar refractivity (Wildman–Crippen MR) is 70.6 cm³/mol. The first-order valence-corrected chi connectivity index (χ1v) is 5.79. The summed E-state index contributed by atoms with van der Waals surface area (Å²) in [4.78, 5) is 30.7. The van der Waals surface area contributed by atoms with E-state index in [1.807, 2.05) is 13.8 Å². The van der Waals surface area contributed by atoms with E-state index >= 15 is 0 Å². The molecule has 6 heteroatoms. The van der Waals surface area contributed by atoms with Gasteiger partial charge in [-0.15, -0.1) is 0 Å². The van der Waals surface area contributed by atoms with Gasteiger partial charge in [0.25, 0.3) is 5.56 Å². The highest BCUT2D eigenvalue weighted by atomic mass is 16.2. The van der Waals surface area contributed by atoms with Crippen LogP contribution in [0.2, 0.25) is 0 Å². The minimum Gasteiger partial charge on any atom is -0.398 e. The van der Waals surface area contributed by atoms with Gasteiger partial charge in [0, 0.05) is 12.7 Å². The largest absolute Gasteiger partial charge is 0.398 e. The van der Waals surface area contributed by atoms with Gasteiger partial charge in [-0.3, -0.25) is 14.3 Å². The molecule has 96 valence electrons. The number of nitrogens with one attached hydrogen (secondary N) is 1. The third-order valence-corrected chi connectivity index (χ3v) is 2.80. The van der Waals surface area contributed by atoms with E-state index in [0.29, 0.717) is 12.2 Å². The number of rotatable bonds is 2. The van der Waals surface area contributed by atoms with Crippen molar-refractivity contribution in [3.05, 3.63) is 32.6 Å². The fourth-order valence-electron chi connectivity index (χ4n) is 1.86. The first-order chi connectivity index (χ1) is 8.41. The minimum absolute atomic E-state index is 0.195. The lowest BCUT2D eigenvalue weighted by molar-refractivity contribution is 0.496. The van der Waals surface area contributed by atoms with Gasteiger partial charge in [-0.05, 0) is 18.4 Å². The highest BCUT2D eigenvalue weighted by molar-refractivity contribution is 5.87. The molecule has 0 bridgehead atoms. The second-order valence-electron chi connectivity index (χ2n) is 4.82. The zero-order chi connectivity index (χ0) is 13.4. The summed E-state index contributed by atoms with van der Waals surface area (Å²) < 4.78 is 1.17. The van der Waals surface area contributed by atoms with E-state index in [0.717, 1.165) is 5.56 Å². The van der Waals surface area contributed by atoms with Crippen LogP contribution in [0.3, 0.4) is 0 Å². The van der Waals surface area contributed by atoms with E-state index in [1.54, 1.807) is 13.1 Å². The molecule has 0 aliphatic heterocycles. The van der Waals surface area contributed by atoms with Gasteiger partial charge in [0.15, 0.2) is 0 Å². The molecule has 2 rings (SSSR count). The van der Waals surface area contributed by atoms with Crippen LogP contribution in [-0.4, -0.2) is 14.5 Å². The van der Waals surface area contributed by atoms with Gasteiger partial charge in [0.1, 0.15) is 11.0 Å². The van der Waals surface area contributed by atoms with Crippen LogP contribution in [-0.2, 0) is 6.54 Å². The maximum Gasteiger partial charge on any atom is 0.330 e. The lowest BCUT2D eigenvalue weighted by Crippen LogP contribution is -2.37. The summed E-state index contributed by atoms with van der Waals surface area (Å²) in [6.45, 7) is 6.01. The summed E-state index contributed by atoms with van der Waals surface area (Å²) in [6.07, 6.45) is 1.54. The van der Waals surface area contributed by atoms with Gasteiger partial charge in [-0.25, -0.2) is 9.78 Å². The van der Waals surface area contributed by atoms with Crippen LogP contribution < -0.4 is 17.0 Å². The SMILES string of the molecule is Cc1cnc2[nH]c(=O)n(CC(C)C)c(=O)c2c1N. The highest BCUT2D eigenvalue weighted by Gasteiger charge is 2.13. The number of nitrogen functional groups attached to an aromatic ring is 1. The van der Waals surface area contributed by atoms with Crippen molar-refractivity contribution in [2.75, 3.05) is 5.73 Å². The Bertz CT molecular complexity index is 712. The van der Waals surface area contributed by atoms with Crippen LogP contribution in [0.25, 0.3) is 11.0 Å². The van der Waals surface area contributed by atoms with Gasteiger partial charge in [-0.1, -0.05) is 13.8 Å². The number of aromatic nitrogens is 3. The number of fused-ring (bicyclic) bond motifs is 1. The number of hydrogen-bond acceptors (Lipinski definition) is 4. The molecule has 0 fully saturated rings. The molecular formula is C12H16N4O2. The molecule has 2 aromatic heterocycles. The number of anilines is 1. The third-order valence-electron chi connectivity index (χ3n) is 2.80. The molecule has 3 N–H and O–H groups in total. The van der Waals surface area contributed by atoms with Crippen molar-refractivity contribution in [2.24, 2.45) is 5.92 Å². The second kappa shape index (κ2) is 4.29. The second-order valence-corrected chi connectivity index (χ2v) is 4.82. The molecule has 18 heavy (non-hydrogen) atoms. The molecule has 0 saturated heterocycles. The molecular weight excluding hydrogens is 232 g/mol. The van der Waals surface area contributed by atoms with Crippen LogP contribution >= 0.6 is 0 Å². The summed E-state index contributed by atoms with van der Waals surface area (Å²) in [5, 5.41) is 0.287. The molecule has 0 unspecified atom stereocenters. The Kier molecular flexibility index (Phi) is 2.94. The number of nitrogens with two attached hydrogens (primary N) is 1. The van der Waals surface area contributed by atoms with Crippen molar-refractivity contribution in [1.82, 2.24) is 14.5 Å². The average molecular weight is 248 g/mol. The Morgan fingerprint density at radius 1 is 1.44 bits per heavy atom. The number of aryl methyl sites for hydroxylation is 1. The van der Waals surface area contributed by atoms with Crippen LogP contribution in [0.15, 0.2) is 15.8 Å². The number of nitrogens with zero attached hydrogens (tertiary/aromatic N) is 2. The normalized spacial score (nSPS) is 11.3. The van der Waals surface area contributed by atoms with E-state index in [9.17, 15) is 9.59 Å². The van der Waals surface area contributed by atoms with Crippen LogP contribution in [0, 0.1) is 12.8 Å². The zero-order valence-corrected chi connectivity index (χ0v) is 10.7. The maximum atomic E-state index is 12.3. The lowest BCUT2D eigenvalue weighted by atomic mass is 10.2. The smallest absolute Gasteiger partial charge is 0.330 e. The predicted octanol–water partition coefficient (Wildman–Crippen LogP) is 0.631. The minimum atomic E-state index is -0.447. The molecule has 2 heterocycles. The van der Waals surface area contributed by atoms with E-state index in [1.165, 1.54) is 4.57 Å². The van der Waals surface area contributed by atoms with Crippen LogP contribution in [0.4, 0.5) is 5.69 Å². The summed E-state index contributed by atoms with van der Waals surface area (Å²) in [5.41, 5.74) is 6.41. The molecule has 0 saturated carbocycles. The Hall–Kier alpha value is -2.11. The Labute approximate surface area is 103 Å². The summed E-state index contributed by atoms with van der Waals surface area (Å²) in [6, 6.07) is 0. The topological polar surface area (TPSA) is 93.8 Å². The monoisotopic (exact) mass is 248 g/mol. The third kappa shape index (κ3) is 1.90. The van der Waals surface area contributed by atoms with E-state index in [-0.39, 0.29) is 22.5 Å². The Morgan fingerprint density at radius 3 is 2.72 bits per heavy atom. The quantitative estimate of drug-likeness (QED) is 0.815. The molecule has 2 aromatic rings. The van der Waals surface area contributed by atoms with Gasteiger partial charge in [0.2, 0.25) is 0 Å². The van der Waals surface area contributed by atoms with Gasteiger partial charge in [-0.2, -0.15) is 0 Å². The fourth-order valence-corrected chi connectivity index (χ4v) is 1.86. The van der Waals surface area contributed by atoms with Gasteiger partial charge in [0.05, 0.1) is 5.69 Å². The number of aromatic amines is 1. The van der Waals surface area contributed by atoms with Crippen LogP contribution in [0.5, 0.6) is 0 Å². The first-order valence-electron chi connectivity index (χ1n) is 5.79. The number of hydrogen-bond donors (Lipinski definition) is 2.